The Hall–Kier alpha value is -5.40. The van der Waals surface area contributed by atoms with Gasteiger partial charge in [-0.15, -0.1) is 0 Å². The molecule has 3 amide bonds. The van der Waals surface area contributed by atoms with E-state index < -0.39 is 23.0 Å². The number of likely N-dealkylation sites (tertiary alicyclic amines) is 1. The molecular weight excluding hydrogens is 595 g/mol. The van der Waals surface area contributed by atoms with E-state index in [2.05, 4.69) is 20.3 Å². The Morgan fingerprint density at radius 3 is 2.57 bits per heavy atom. The quantitative estimate of drug-likeness (QED) is 0.329. The standard InChI is InChI=1S/C32H31FN8O5/c1-19-3-8-27(34-14-19)41-30(43)23(16-40(32(41)45)15-20-4-5-20)28(42)37-21-6-7-26(24(33)13-21)46-29-22-9-12-39(17-25(22)35-18-36-29)31(44)38-10-2-11-38/h3,6-8,13-14,16,18,20H,2,4-5,9-12,15,17H2,1H3,(H,37,42). The summed E-state index contributed by atoms with van der Waals surface area (Å²) in [4.78, 5) is 69.0. The second-order valence-electron chi connectivity index (χ2n) is 11.9. The zero-order valence-electron chi connectivity index (χ0n) is 25.1. The minimum absolute atomic E-state index is 0.0194. The number of carbonyl (C=O) groups excluding carboxylic acids is 2. The van der Waals surface area contributed by atoms with Crippen LogP contribution >= 0.6 is 0 Å². The normalized spacial score (nSPS) is 15.6. The van der Waals surface area contributed by atoms with Gasteiger partial charge in [-0.3, -0.25) is 14.2 Å². The summed E-state index contributed by atoms with van der Waals surface area (Å²) in [5.74, 6) is -1.10. The largest absolute Gasteiger partial charge is 0.436 e. The van der Waals surface area contributed by atoms with Gasteiger partial charge in [0.2, 0.25) is 5.88 Å². The van der Waals surface area contributed by atoms with Crippen LogP contribution in [0.5, 0.6) is 11.6 Å². The molecule has 0 radical (unpaired) electrons. The molecule has 1 aromatic carbocycles. The number of rotatable bonds is 7. The molecule has 236 valence electrons. The molecule has 0 bridgehead atoms. The number of urea groups is 1. The molecule has 7 rings (SSSR count). The van der Waals surface area contributed by atoms with Crippen molar-refractivity contribution in [2.75, 3.05) is 25.0 Å². The summed E-state index contributed by atoms with van der Waals surface area (Å²) in [6.45, 7) is 4.49. The highest BCUT2D eigenvalue weighted by Gasteiger charge is 2.31. The van der Waals surface area contributed by atoms with Crippen LogP contribution in [-0.4, -0.2) is 65.5 Å². The molecule has 1 saturated carbocycles. The zero-order chi connectivity index (χ0) is 31.9. The van der Waals surface area contributed by atoms with E-state index in [0.29, 0.717) is 43.2 Å². The molecular formula is C32H31FN8O5. The molecule has 3 aromatic heterocycles. The molecule has 14 heteroatoms. The highest BCUT2D eigenvalue weighted by atomic mass is 19.1. The second kappa shape index (κ2) is 11.8. The number of benzene rings is 1. The van der Waals surface area contributed by atoms with E-state index in [1.165, 1.54) is 35.4 Å². The van der Waals surface area contributed by atoms with Gasteiger partial charge in [0.25, 0.3) is 11.5 Å². The molecule has 13 nitrogen and oxygen atoms in total. The number of aryl methyl sites for hydroxylation is 1. The van der Waals surface area contributed by atoms with E-state index in [1.807, 2.05) is 6.92 Å². The summed E-state index contributed by atoms with van der Waals surface area (Å²) in [6.07, 6.45) is 7.49. The fourth-order valence-corrected chi connectivity index (χ4v) is 5.51. The first-order chi connectivity index (χ1) is 22.2. The number of fused-ring (bicyclic) bond motifs is 1. The lowest BCUT2D eigenvalue weighted by atomic mass is 10.1. The third-order valence-electron chi connectivity index (χ3n) is 8.44. The van der Waals surface area contributed by atoms with Crippen LogP contribution in [0.2, 0.25) is 0 Å². The summed E-state index contributed by atoms with van der Waals surface area (Å²) in [5.41, 5.74) is 0.580. The lowest BCUT2D eigenvalue weighted by molar-refractivity contribution is 0.102. The van der Waals surface area contributed by atoms with Crippen LogP contribution in [0.4, 0.5) is 14.9 Å². The number of hydrogen-bond donors (Lipinski definition) is 1. The molecule has 0 unspecified atom stereocenters. The van der Waals surface area contributed by atoms with Gasteiger partial charge in [-0.05, 0) is 62.3 Å². The number of nitrogens with zero attached hydrogens (tertiary/aromatic N) is 7. The second-order valence-corrected chi connectivity index (χ2v) is 11.9. The number of nitrogens with one attached hydrogen (secondary N) is 1. The number of ether oxygens (including phenoxy) is 1. The summed E-state index contributed by atoms with van der Waals surface area (Å²) in [6, 6.07) is 7.12. The zero-order valence-corrected chi connectivity index (χ0v) is 25.1. The van der Waals surface area contributed by atoms with Crippen molar-refractivity contribution < 1.29 is 18.7 Å². The van der Waals surface area contributed by atoms with Gasteiger partial charge >= 0.3 is 11.7 Å². The van der Waals surface area contributed by atoms with Crippen molar-refractivity contribution in [3.05, 3.63) is 98.1 Å². The summed E-state index contributed by atoms with van der Waals surface area (Å²) in [7, 11) is 0. The number of aromatic nitrogens is 5. The fraction of sp³-hybridized carbons (Fsp3) is 0.344. The van der Waals surface area contributed by atoms with Gasteiger partial charge in [0.1, 0.15) is 17.7 Å². The monoisotopic (exact) mass is 626 g/mol. The lowest BCUT2D eigenvalue weighted by Gasteiger charge is -2.37. The van der Waals surface area contributed by atoms with Gasteiger partial charge in [-0.1, -0.05) is 6.07 Å². The molecule has 4 aromatic rings. The first-order valence-corrected chi connectivity index (χ1v) is 15.2. The van der Waals surface area contributed by atoms with Crippen molar-refractivity contribution in [3.63, 3.8) is 0 Å². The molecule has 1 aliphatic carbocycles. The number of amides is 3. The number of hydrogen-bond acceptors (Lipinski definition) is 8. The molecule has 0 atom stereocenters. The first kappa shape index (κ1) is 29.3. The Morgan fingerprint density at radius 2 is 1.87 bits per heavy atom. The van der Waals surface area contributed by atoms with Crippen LogP contribution in [0.1, 0.15) is 46.4 Å². The number of carbonyl (C=O) groups is 2. The fourth-order valence-electron chi connectivity index (χ4n) is 5.51. The predicted octanol–water partition coefficient (Wildman–Crippen LogP) is 3.27. The van der Waals surface area contributed by atoms with Gasteiger partial charge < -0.3 is 19.9 Å². The van der Waals surface area contributed by atoms with Gasteiger partial charge in [-0.25, -0.2) is 33.5 Å². The Morgan fingerprint density at radius 1 is 1.04 bits per heavy atom. The molecule has 0 spiro atoms. The maximum atomic E-state index is 15.3. The Kier molecular flexibility index (Phi) is 7.54. The van der Waals surface area contributed by atoms with Crippen molar-refractivity contribution in [2.24, 2.45) is 5.92 Å². The van der Waals surface area contributed by atoms with E-state index >= 15 is 4.39 Å². The van der Waals surface area contributed by atoms with Crippen LogP contribution in [0.25, 0.3) is 5.82 Å². The molecule has 1 saturated heterocycles. The highest BCUT2D eigenvalue weighted by molar-refractivity contribution is 6.03. The van der Waals surface area contributed by atoms with Gasteiger partial charge in [0.15, 0.2) is 11.6 Å². The third kappa shape index (κ3) is 5.73. The van der Waals surface area contributed by atoms with E-state index in [0.717, 1.165) is 48.5 Å². The molecule has 2 fully saturated rings. The first-order valence-electron chi connectivity index (χ1n) is 15.2. The van der Waals surface area contributed by atoms with Crippen LogP contribution in [0, 0.1) is 18.7 Å². The Labute approximate surface area is 262 Å². The summed E-state index contributed by atoms with van der Waals surface area (Å²) >= 11 is 0. The Balaban J connectivity index is 1.10. The molecule has 2 aliphatic heterocycles. The predicted molar refractivity (Wildman–Crippen MR) is 164 cm³/mol. The van der Waals surface area contributed by atoms with Crippen molar-refractivity contribution in [1.82, 2.24) is 33.9 Å². The van der Waals surface area contributed by atoms with Gasteiger partial charge in [0.05, 0.1) is 12.2 Å². The van der Waals surface area contributed by atoms with Crippen LogP contribution in [0.3, 0.4) is 0 Å². The molecule has 3 aliphatic rings. The van der Waals surface area contributed by atoms with E-state index in [-0.39, 0.29) is 34.7 Å². The van der Waals surface area contributed by atoms with Crippen molar-refractivity contribution >= 4 is 17.6 Å². The van der Waals surface area contributed by atoms with Gasteiger partial charge in [0, 0.05) is 55.9 Å². The van der Waals surface area contributed by atoms with Crippen LogP contribution in [-0.2, 0) is 19.5 Å². The third-order valence-corrected chi connectivity index (χ3v) is 8.44. The average Bonchev–Trinajstić information content (AvgIpc) is 3.84. The van der Waals surface area contributed by atoms with Crippen LogP contribution < -0.4 is 21.3 Å². The number of halogens is 1. The molecule has 1 N–H and O–H groups in total. The van der Waals surface area contributed by atoms with E-state index in [1.54, 1.807) is 21.9 Å². The number of pyridine rings is 1. The highest BCUT2D eigenvalue weighted by Crippen LogP contribution is 2.32. The summed E-state index contributed by atoms with van der Waals surface area (Å²) < 4.78 is 23.4. The minimum atomic E-state index is -0.829. The maximum absolute atomic E-state index is 15.3. The van der Waals surface area contributed by atoms with Crippen LogP contribution in [0.15, 0.2) is 58.6 Å². The van der Waals surface area contributed by atoms with Gasteiger partial charge in [-0.2, -0.15) is 0 Å². The smallest absolute Gasteiger partial charge is 0.336 e. The minimum Gasteiger partial charge on any atom is -0.436 e. The van der Waals surface area contributed by atoms with E-state index in [4.69, 9.17) is 4.74 Å². The lowest BCUT2D eigenvalue weighted by Crippen LogP contribution is -2.51. The SMILES string of the molecule is Cc1ccc(-n2c(=O)c(C(=O)Nc3ccc(Oc4ncnc5c4CCN(C(=O)N4CCC4)C5)c(F)c3)cn(CC3CC3)c2=O)nc1. The van der Waals surface area contributed by atoms with Crippen molar-refractivity contribution in [2.45, 2.75) is 45.7 Å². The van der Waals surface area contributed by atoms with E-state index in [9.17, 15) is 19.2 Å². The molecule has 46 heavy (non-hydrogen) atoms. The molecule has 5 heterocycles. The van der Waals surface area contributed by atoms with Crippen molar-refractivity contribution in [1.29, 1.82) is 0 Å². The number of anilines is 1. The maximum Gasteiger partial charge on any atom is 0.336 e. The summed E-state index contributed by atoms with van der Waals surface area (Å²) in [5, 5.41) is 2.57. The topological polar surface area (TPSA) is 145 Å². The Bertz CT molecular complexity index is 1970. The van der Waals surface area contributed by atoms with Crippen molar-refractivity contribution in [3.8, 4) is 17.4 Å². The average molecular weight is 627 g/mol.